The van der Waals surface area contributed by atoms with Gasteiger partial charge in [0.1, 0.15) is 5.75 Å². The molecule has 21 heavy (non-hydrogen) atoms. The molecule has 0 spiro atoms. The molecular formula is C19H33NO. The fraction of sp³-hybridized carbons (Fsp3) is 0.684. The predicted octanol–water partition coefficient (Wildman–Crippen LogP) is 5.34. The van der Waals surface area contributed by atoms with Crippen molar-refractivity contribution in [1.82, 2.24) is 5.32 Å². The molecule has 2 heteroatoms. The van der Waals surface area contributed by atoms with E-state index in [1.165, 1.54) is 31.2 Å². The Morgan fingerprint density at radius 1 is 1.05 bits per heavy atom. The lowest BCUT2D eigenvalue weighted by molar-refractivity contribution is 0.315. The van der Waals surface area contributed by atoms with Gasteiger partial charge in [0.15, 0.2) is 0 Å². The standard InChI is InChI=1S/C19H33NO/c1-5-12-20-19(14-16(7-3)8-4)17-10-9-11-18(15-17)21-13-6-2/h9-11,15-16,19-20H,5-8,12-14H2,1-4H3. The van der Waals surface area contributed by atoms with E-state index in [-0.39, 0.29) is 0 Å². The van der Waals surface area contributed by atoms with E-state index in [4.69, 9.17) is 4.74 Å². The van der Waals surface area contributed by atoms with E-state index < -0.39 is 0 Å². The normalized spacial score (nSPS) is 12.6. The lowest BCUT2D eigenvalue weighted by Crippen LogP contribution is -2.24. The Morgan fingerprint density at radius 2 is 1.81 bits per heavy atom. The molecule has 2 nitrogen and oxygen atoms in total. The molecule has 1 aromatic carbocycles. The van der Waals surface area contributed by atoms with E-state index in [1.807, 2.05) is 0 Å². The van der Waals surface area contributed by atoms with Crippen molar-refractivity contribution in [1.29, 1.82) is 0 Å². The van der Waals surface area contributed by atoms with Crippen LogP contribution in [0.2, 0.25) is 0 Å². The molecule has 1 unspecified atom stereocenters. The van der Waals surface area contributed by atoms with Crippen LogP contribution in [0.5, 0.6) is 5.75 Å². The quantitative estimate of drug-likeness (QED) is 0.594. The third kappa shape index (κ3) is 6.52. The van der Waals surface area contributed by atoms with Crippen LogP contribution in [0.3, 0.4) is 0 Å². The zero-order valence-corrected chi connectivity index (χ0v) is 14.3. The largest absolute Gasteiger partial charge is 0.494 e. The van der Waals surface area contributed by atoms with E-state index in [9.17, 15) is 0 Å². The molecule has 0 aromatic heterocycles. The van der Waals surface area contributed by atoms with Crippen molar-refractivity contribution in [2.45, 2.75) is 65.8 Å². The lowest BCUT2D eigenvalue weighted by Gasteiger charge is -2.24. The summed E-state index contributed by atoms with van der Waals surface area (Å²) in [5.74, 6) is 1.79. The van der Waals surface area contributed by atoms with Crippen LogP contribution in [0.25, 0.3) is 0 Å². The molecule has 0 fully saturated rings. The Labute approximate surface area is 131 Å². The summed E-state index contributed by atoms with van der Waals surface area (Å²) in [6.07, 6.45) is 5.95. The molecule has 0 saturated heterocycles. The molecule has 1 rings (SSSR count). The molecule has 120 valence electrons. The molecule has 0 heterocycles. The fourth-order valence-electron chi connectivity index (χ4n) is 2.65. The molecule has 0 aliphatic heterocycles. The van der Waals surface area contributed by atoms with Crippen LogP contribution in [0.1, 0.15) is 71.4 Å². The zero-order chi connectivity index (χ0) is 15.5. The van der Waals surface area contributed by atoms with E-state index in [1.54, 1.807) is 0 Å². The van der Waals surface area contributed by atoms with E-state index in [2.05, 4.69) is 57.3 Å². The van der Waals surface area contributed by atoms with Gasteiger partial charge in [-0.3, -0.25) is 0 Å². The highest BCUT2D eigenvalue weighted by atomic mass is 16.5. The second-order valence-electron chi connectivity index (χ2n) is 5.85. The van der Waals surface area contributed by atoms with Crippen molar-refractivity contribution in [3.8, 4) is 5.75 Å². The minimum atomic E-state index is 0.444. The highest BCUT2D eigenvalue weighted by Gasteiger charge is 2.16. The third-order valence-electron chi connectivity index (χ3n) is 4.10. The zero-order valence-electron chi connectivity index (χ0n) is 14.3. The smallest absolute Gasteiger partial charge is 0.119 e. The monoisotopic (exact) mass is 291 g/mol. The Hall–Kier alpha value is -1.02. The van der Waals surface area contributed by atoms with Gasteiger partial charge in [0.2, 0.25) is 0 Å². The van der Waals surface area contributed by atoms with Crippen molar-refractivity contribution >= 4 is 0 Å². The molecule has 0 radical (unpaired) electrons. The summed E-state index contributed by atoms with van der Waals surface area (Å²) in [5, 5.41) is 3.71. The van der Waals surface area contributed by atoms with Gasteiger partial charge >= 0.3 is 0 Å². The summed E-state index contributed by atoms with van der Waals surface area (Å²) in [4.78, 5) is 0. The van der Waals surface area contributed by atoms with Gasteiger partial charge in [-0.25, -0.2) is 0 Å². The Kier molecular flexibility index (Phi) is 9.16. The average molecular weight is 291 g/mol. The highest BCUT2D eigenvalue weighted by Crippen LogP contribution is 2.27. The first kappa shape index (κ1) is 18.0. The minimum Gasteiger partial charge on any atom is -0.494 e. The maximum atomic E-state index is 5.78. The van der Waals surface area contributed by atoms with Crippen molar-refractivity contribution in [3.05, 3.63) is 29.8 Å². The Balaban J connectivity index is 2.80. The number of nitrogens with one attached hydrogen (secondary N) is 1. The molecule has 0 bridgehead atoms. The van der Waals surface area contributed by atoms with Crippen molar-refractivity contribution in [3.63, 3.8) is 0 Å². The number of benzene rings is 1. The van der Waals surface area contributed by atoms with Crippen LogP contribution in [0.4, 0.5) is 0 Å². The number of rotatable bonds is 11. The van der Waals surface area contributed by atoms with Gasteiger partial charge in [0.05, 0.1) is 6.61 Å². The number of hydrogen-bond acceptors (Lipinski definition) is 2. The third-order valence-corrected chi connectivity index (χ3v) is 4.10. The van der Waals surface area contributed by atoms with Crippen LogP contribution in [-0.2, 0) is 0 Å². The molecule has 1 atom stereocenters. The first-order valence-corrected chi connectivity index (χ1v) is 8.71. The molecular weight excluding hydrogens is 258 g/mol. The SMILES string of the molecule is CCCNC(CC(CC)CC)c1cccc(OCCC)c1. The highest BCUT2D eigenvalue weighted by molar-refractivity contribution is 5.30. The fourth-order valence-corrected chi connectivity index (χ4v) is 2.65. The second-order valence-corrected chi connectivity index (χ2v) is 5.85. The van der Waals surface area contributed by atoms with Crippen molar-refractivity contribution < 1.29 is 4.74 Å². The maximum absolute atomic E-state index is 5.78. The van der Waals surface area contributed by atoms with Gasteiger partial charge in [0.25, 0.3) is 0 Å². The van der Waals surface area contributed by atoms with Gasteiger partial charge in [0, 0.05) is 6.04 Å². The summed E-state index contributed by atoms with van der Waals surface area (Å²) in [7, 11) is 0. The number of ether oxygens (including phenoxy) is 1. The summed E-state index contributed by atoms with van der Waals surface area (Å²) in [5.41, 5.74) is 1.36. The Morgan fingerprint density at radius 3 is 2.43 bits per heavy atom. The molecule has 0 amide bonds. The summed E-state index contributed by atoms with van der Waals surface area (Å²) >= 11 is 0. The summed E-state index contributed by atoms with van der Waals surface area (Å²) in [6, 6.07) is 9.07. The van der Waals surface area contributed by atoms with Crippen molar-refractivity contribution in [2.75, 3.05) is 13.2 Å². The maximum Gasteiger partial charge on any atom is 0.119 e. The average Bonchev–Trinajstić information content (AvgIpc) is 2.53. The van der Waals surface area contributed by atoms with Crippen LogP contribution < -0.4 is 10.1 Å². The first-order valence-electron chi connectivity index (χ1n) is 8.71. The summed E-state index contributed by atoms with van der Waals surface area (Å²) < 4.78 is 5.78. The lowest BCUT2D eigenvalue weighted by atomic mass is 9.91. The minimum absolute atomic E-state index is 0.444. The van der Waals surface area contributed by atoms with Gasteiger partial charge in [-0.15, -0.1) is 0 Å². The second kappa shape index (κ2) is 10.7. The van der Waals surface area contributed by atoms with Crippen LogP contribution >= 0.6 is 0 Å². The summed E-state index contributed by atoms with van der Waals surface area (Å²) in [6.45, 7) is 10.8. The van der Waals surface area contributed by atoms with Crippen LogP contribution in [0, 0.1) is 5.92 Å². The molecule has 0 aliphatic rings. The topological polar surface area (TPSA) is 21.3 Å². The van der Waals surface area contributed by atoms with Gasteiger partial charge in [-0.05, 0) is 49.4 Å². The van der Waals surface area contributed by atoms with Crippen LogP contribution in [0.15, 0.2) is 24.3 Å². The number of hydrogen-bond donors (Lipinski definition) is 1. The van der Waals surface area contributed by atoms with Gasteiger partial charge < -0.3 is 10.1 Å². The van der Waals surface area contributed by atoms with E-state index in [0.717, 1.165) is 31.2 Å². The van der Waals surface area contributed by atoms with Gasteiger partial charge in [-0.2, -0.15) is 0 Å². The van der Waals surface area contributed by atoms with E-state index >= 15 is 0 Å². The van der Waals surface area contributed by atoms with Gasteiger partial charge in [-0.1, -0.05) is 52.7 Å². The molecule has 0 aliphatic carbocycles. The van der Waals surface area contributed by atoms with Crippen LogP contribution in [-0.4, -0.2) is 13.2 Å². The van der Waals surface area contributed by atoms with E-state index in [0.29, 0.717) is 6.04 Å². The Bertz CT molecular complexity index is 374. The molecule has 1 N–H and O–H groups in total. The molecule has 1 aromatic rings. The predicted molar refractivity (Wildman–Crippen MR) is 92.0 cm³/mol. The first-order chi connectivity index (χ1) is 10.2. The van der Waals surface area contributed by atoms with Crippen molar-refractivity contribution in [2.24, 2.45) is 5.92 Å². The molecule has 0 saturated carbocycles.